The van der Waals surface area contributed by atoms with Crippen molar-refractivity contribution in [1.29, 1.82) is 0 Å². The molecule has 0 saturated heterocycles. The number of benzene rings is 2. The Hall–Kier alpha value is -3.31. The van der Waals surface area contributed by atoms with Crippen LogP contribution in [0.4, 0.5) is 10.5 Å². The van der Waals surface area contributed by atoms with Crippen LogP contribution in [0.3, 0.4) is 0 Å². The van der Waals surface area contributed by atoms with Gasteiger partial charge in [0.15, 0.2) is 0 Å². The summed E-state index contributed by atoms with van der Waals surface area (Å²) >= 11 is 6.20. The van der Waals surface area contributed by atoms with Crippen molar-refractivity contribution < 1.29 is 4.79 Å². The number of hydrogen-bond donors (Lipinski definition) is 1. The molecule has 2 aromatic carbocycles. The number of para-hydroxylation sites is 1. The fraction of sp³-hybridized carbons (Fsp3) is 0.130. The van der Waals surface area contributed by atoms with Crippen LogP contribution >= 0.6 is 11.6 Å². The predicted molar refractivity (Wildman–Crippen MR) is 116 cm³/mol. The molecule has 0 aliphatic carbocycles. The van der Waals surface area contributed by atoms with Gasteiger partial charge in [-0.15, -0.1) is 0 Å². The number of halogens is 1. The molecule has 0 fully saturated rings. The van der Waals surface area contributed by atoms with Crippen LogP contribution in [0.25, 0.3) is 10.9 Å². The Morgan fingerprint density at radius 1 is 1.07 bits per heavy atom. The van der Waals surface area contributed by atoms with Crippen LogP contribution in [-0.2, 0) is 6.54 Å². The van der Waals surface area contributed by atoms with Crippen LogP contribution in [-0.4, -0.2) is 29.0 Å². The van der Waals surface area contributed by atoms with Gasteiger partial charge in [-0.1, -0.05) is 54.1 Å². The molecule has 3 aromatic rings. The number of rotatable bonds is 3. The second-order valence-electron chi connectivity index (χ2n) is 7.11. The summed E-state index contributed by atoms with van der Waals surface area (Å²) in [6.45, 7) is 1.66. The van der Waals surface area contributed by atoms with Crippen molar-refractivity contribution in [3.05, 3.63) is 94.9 Å². The van der Waals surface area contributed by atoms with E-state index in [1.165, 1.54) is 0 Å². The molecule has 6 heteroatoms. The van der Waals surface area contributed by atoms with Crippen molar-refractivity contribution in [1.82, 2.24) is 15.2 Å². The van der Waals surface area contributed by atoms with Crippen molar-refractivity contribution >= 4 is 34.2 Å². The fourth-order valence-corrected chi connectivity index (χ4v) is 3.96. The maximum absolute atomic E-state index is 13.4. The van der Waals surface area contributed by atoms with E-state index >= 15 is 0 Å². The topological polar surface area (TPSA) is 48.5 Å². The molecule has 0 spiro atoms. The Bertz CT molecular complexity index is 1170. The Morgan fingerprint density at radius 2 is 1.97 bits per heavy atom. The zero-order valence-corrected chi connectivity index (χ0v) is 16.4. The number of amides is 2. The average Bonchev–Trinajstić information content (AvgIpc) is 2.74. The van der Waals surface area contributed by atoms with Gasteiger partial charge in [0.05, 0.1) is 30.0 Å². The summed E-state index contributed by atoms with van der Waals surface area (Å²) in [5.74, 6) is 0.822. The molecule has 0 radical (unpaired) electrons. The molecule has 2 aliphatic rings. The van der Waals surface area contributed by atoms with Crippen LogP contribution < -0.4 is 10.2 Å². The molecular formula is C23H19ClN4O. The zero-order chi connectivity index (χ0) is 19.8. The zero-order valence-electron chi connectivity index (χ0n) is 15.7. The molecule has 0 bridgehead atoms. The lowest BCUT2D eigenvalue weighted by atomic mass is 10.1. The number of anilines is 1. The third-order valence-electron chi connectivity index (χ3n) is 5.13. The Morgan fingerprint density at radius 3 is 2.86 bits per heavy atom. The SMILES string of the molecule is O=C1N(Cc2ccc3ccccc3n2)CC2=C(NCC=C2)N1c1cccc(Cl)c1. The second-order valence-corrected chi connectivity index (χ2v) is 7.54. The van der Waals surface area contributed by atoms with Crippen molar-refractivity contribution in [2.24, 2.45) is 0 Å². The number of nitrogens with one attached hydrogen (secondary N) is 1. The van der Waals surface area contributed by atoms with E-state index in [1.807, 2.05) is 59.5 Å². The molecule has 0 saturated carbocycles. The largest absolute Gasteiger partial charge is 0.367 e. The third kappa shape index (κ3) is 3.34. The summed E-state index contributed by atoms with van der Waals surface area (Å²) < 4.78 is 0. The highest BCUT2D eigenvalue weighted by atomic mass is 35.5. The van der Waals surface area contributed by atoms with Crippen LogP contribution in [0.1, 0.15) is 5.69 Å². The molecule has 29 heavy (non-hydrogen) atoms. The van der Waals surface area contributed by atoms with Gasteiger partial charge in [0.2, 0.25) is 0 Å². The minimum absolute atomic E-state index is 0.0937. The lowest BCUT2D eigenvalue weighted by molar-refractivity contribution is 0.203. The molecule has 5 rings (SSSR count). The molecule has 1 aromatic heterocycles. The van der Waals surface area contributed by atoms with Gasteiger partial charge in [0.25, 0.3) is 0 Å². The Balaban J connectivity index is 1.51. The predicted octanol–water partition coefficient (Wildman–Crippen LogP) is 4.70. The van der Waals surface area contributed by atoms with Crippen molar-refractivity contribution in [2.75, 3.05) is 18.0 Å². The number of urea groups is 1. The number of carbonyl (C=O) groups excluding carboxylic acids is 1. The lowest BCUT2D eigenvalue weighted by Crippen LogP contribution is -2.52. The smallest absolute Gasteiger partial charge is 0.330 e. The van der Waals surface area contributed by atoms with Crippen molar-refractivity contribution in [2.45, 2.75) is 6.54 Å². The van der Waals surface area contributed by atoms with Crippen LogP contribution in [0.2, 0.25) is 5.02 Å². The van der Waals surface area contributed by atoms with E-state index in [0.29, 0.717) is 24.7 Å². The van der Waals surface area contributed by atoms with Gasteiger partial charge in [-0.2, -0.15) is 0 Å². The number of pyridine rings is 1. The molecule has 2 amide bonds. The highest BCUT2D eigenvalue weighted by molar-refractivity contribution is 6.31. The maximum atomic E-state index is 13.4. The highest BCUT2D eigenvalue weighted by Crippen LogP contribution is 2.30. The first-order valence-corrected chi connectivity index (χ1v) is 9.90. The molecule has 144 valence electrons. The summed E-state index contributed by atoms with van der Waals surface area (Å²) in [5.41, 5.74) is 3.60. The summed E-state index contributed by atoms with van der Waals surface area (Å²) in [5, 5.41) is 5.02. The summed E-state index contributed by atoms with van der Waals surface area (Å²) in [4.78, 5) is 21.7. The van der Waals surface area contributed by atoms with E-state index < -0.39 is 0 Å². The summed E-state index contributed by atoms with van der Waals surface area (Å²) in [7, 11) is 0. The average molecular weight is 403 g/mol. The number of carbonyl (C=O) groups is 1. The fourth-order valence-electron chi connectivity index (χ4n) is 3.78. The number of aromatic nitrogens is 1. The van der Waals surface area contributed by atoms with E-state index in [-0.39, 0.29) is 6.03 Å². The molecule has 5 nitrogen and oxygen atoms in total. The third-order valence-corrected chi connectivity index (χ3v) is 5.37. The van der Waals surface area contributed by atoms with Gasteiger partial charge in [0, 0.05) is 22.5 Å². The van der Waals surface area contributed by atoms with Gasteiger partial charge in [-0.05, 0) is 30.3 Å². The summed E-state index contributed by atoms with van der Waals surface area (Å²) in [6.07, 6.45) is 4.15. The van der Waals surface area contributed by atoms with Crippen molar-refractivity contribution in [3.63, 3.8) is 0 Å². The van der Waals surface area contributed by atoms with E-state index in [9.17, 15) is 4.79 Å². The molecule has 2 aliphatic heterocycles. The Labute approximate surface area is 173 Å². The van der Waals surface area contributed by atoms with E-state index in [1.54, 1.807) is 11.0 Å². The van der Waals surface area contributed by atoms with E-state index in [4.69, 9.17) is 16.6 Å². The molecule has 3 heterocycles. The Kier molecular flexibility index (Phi) is 4.45. The first-order chi connectivity index (χ1) is 14.2. The van der Waals surface area contributed by atoms with Gasteiger partial charge < -0.3 is 10.2 Å². The second kappa shape index (κ2) is 7.26. The number of fused-ring (bicyclic) bond motifs is 1. The van der Waals surface area contributed by atoms with E-state index in [0.717, 1.165) is 33.7 Å². The lowest BCUT2D eigenvalue weighted by Gasteiger charge is -2.39. The van der Waals surface area contributed by atoms with Crippen LogP contribution in [0.15, 0.2) is 84.2 Å². The monoisotopic (exact) mass is 402 g/mol. The highest BCUT2D eigenvalue weighted by Gasteiger charge is 2.33. The number of dihydropyridines is 1. The van der Waals surface area contributed by atoms with Gasteiger partial charge in [0.1, 0.15) is 5.82 Å². The number of hydrogen-bond acceptors (Lipinski definition) is 3. The minimum atomic E-state index is -0.0937. The first-order valence-electron chi connectivity index (χ1n) is 9.52. The quantitative estimate of drug-likeness (QED) is 0.690. The molecule has 0 unspecified atom stereocenters. The summed E-state index contributed by atoms with van der Waals surface area (Å²) in [6, 6.07) is 19.3. The standard InChI is InChI=1S/C23H19ClN4O/c24-18-7-3-8-20(13-18)28-22-17(6-4-12-25-22)14-27(23(28)29)15-19-11-10-16-5-1-2-9-21(16)26-19/h1-11,13,25H,12,14-15H2. The van der Waals surface area contributed by atoms with Crippen molar-refractivity contribution in [3.8, 4) is 0 Å². The van der Waals surface area contributed by atoms with Crippen LogP contribution in [0, 0.1) is 0 Å². The molecule has 1 N–H and O–H groups in total. The van der Waals surface area contributed by atoms with Crippen LogP contribution in [0.5, 0.6) is 0 Å². The first kappa shape index (κ1) is 17.8. The minimum Gasteiger partial charge on any atom is -0.367 e. The molecule has 0 atom stereocenters. The maximum Gasteiger partial charge on any atom is 0.330 e. The number of nitrogens with zero attached hydrogens (tertiary/aromatic N) is 3. The molecular weight excluding hydrogens is 384 g/mol. The van der Waals surface area contributed by atoms with Gasteiger partial charge in [-0.25, -0.2) is 9.69 Å². The van der Waals surface area contributed by atoms with E-state index in [2.05, 4.69) is 17.5 Å². The van der Waals surface area contributed by atoms with Gasteiger partial charge in [-0.3, -0.25) is 4.98 Å². The van der Waals surface area contributed by atoms with Gasteiger partial charge >= 0.3 is 6.03 Å². The normalized spacial score (nSPS) is 16.2.